The molecule has 1 unspecified atom stereocenters. The van der Waals surface area contributed by atoms with Crippen LogP contribution in [0.2, 0.25) is 0 Å². The number of hydrogen-bond donors (Lipinski definition) is 2. The van der Waals surface area contributed by atoms with Gasteiger partial charge in [-0.15, -0.1) is 0 Å². The molecule has 0 saturated heterocycles. The summed E-state index contributed by atoms with van der Waals surface area (Å²) in [5.74, 6) is -0.956. The average Bonchev–Trinajstić information content (AvgIpc) is 2.08. The third-order valence-corrected chi connectivity index (χ3v) is 3.20. The Morgan fingerprint density at radius 3 is 2.62 bits per heavy atom. The fourth-order valence-electron chi connectivity index (χ4n) is 0.857. The molecule has 0 spiro atoms. The standard InChI is InChI=1S/C8H6Br2O2S/c9-4-1-2-6(10)5(3-4)7(13)8(11)12/h1-3,7,13H,(H,11,12). The molecule has 0 aliphatic heterocycles. The van der Waals surface area contributed by atoms with Crippen molar-refractivity contribution in [2.75, 3.05) is 0 Å². The lowest BCUT2D eigenvalue weighted by molar-refractivity contribution is -0.136. The highest BCUT2D eigenvalue weighted by Gasteiger charge is 2.17. The van der Waals surface area contributed by atoms with Crippen LogP contribution >= 0.6 is 44.5 Å². The van der Waals surface area contributed by atoms with Crippen molar-refractivity contribution in [1.29, 1.82) is 0 Å². The lowest BCUT2D eigenvalue weighted by Crippen LogP contribution is -2.05. The van der Waals surface area contributed by atoms with Gasteiger partial charge in [-0.05, 0) is 23.8 Å². The molecule has 0 saturated carbocycles. The van der Waals surface area contributed by atoms with Crippen molar-refractivity contribution < 1.29 is 9.90 Å². The molecule has 0 aliphatic carbocycles. The summed E-state index contributed by atoms with van der Waals surface area (Å²) in [5, 5.41) is 7.94. The number of halogens is 2. The second-order valence-electron chi connectivity index (χ2n) is 2.41. The highest BCUT2D eigenvalue weighted by molar-refractivity contribution is 9.11. The fourth-order valence-corrected chi connectivity index (χ4v) is 2.10. The number of carboxylic acids is 1. The molecule has 0 heterocycles. The largest absolute Gasteiger partial charge is 0.480 e. The predicted molar refractivity (Wildman–Crippen MR) is 61.2 cm³/mol. The van der Waals surface area contributed by atoms with Crippen molar-refractivity contribution in [2.24, 2.45) is 0 Å². The zero-order valence-corrected chi connectivity index (χ0v) is 10.4. The summed E-state index contributed by atoms with van der Waals surface area (Å²) in [6.45, 7) is 0. The Bertz CT molecular complexity index is 341. The smallest absolute Gasteiger partial charge is 0.320 e. The van der Waals surface area contributed by atoms with Gasteiger partial charge in [0.05, 0.1) is 0 Å². The van der Waals surface area contributed by atoms with Gasteiger partial charge in [0, 0.05) is 8.95 Å². The number of hydrogen-bond acceptors (Lipinski definition) is 2. The summed E-state index contributed by atoms with van der Waals surface area (Å²) in [4.78, 5) is 10.7. The van der Waals surface area contributed by atoms with Gasteiger partial charge in [0.2, 0.25) is 0 Å². The van der Waals surface area contributed by atoms with Crippen LogP contribution in [0.3, 0.4) is 0 Å². The van der Waals surface area contributed by atoms with Gasteiger partial charge in [0.25, 0.3) is 0 Å². The number of benzene rings is 1. The molecule has 1 aromatic carbocycles. The summed E-state index contributed by atoms with van der Waals surface area (Å²) in [6, 6.07) is 5.34. The Hall–Kier alpha value is -0.000000000000000111. The Balaban J connectivity index is 3.12. The number of thiol groups is 1. The molecule has 1 atom stereocenters. The number of carbonyl (C=O) groups is 1. The molecule has 0 amide bonds. The maximum atomic E-state index is 10.7. The molecule has 1 aromatic rings. The van der Waals surface area contributed by atoms with Crippen LogP contribution in [0.25, 0.3) is 0 Å². The van der Waals surface area contributed by atoms with Crippen LogP contribution in [0.5, 0.6) is 0 Å². The molecule has 0 radical (unpaired) electrons. The van der Waals surface area contributed by atoms with E-state index in [0.29, 0.717) is 5.56 Å². The second-order valence-corrected chi connectivity index (χ2v) is 4.69. The molecule has 1 rings (SSSR count). The van der Waals surface area contributed by atoms with Gasteiger partial charge in [-0.25, -0.2) is 0 Å². The highest BCUT2D eigenvalue weighted by atomic mass is 79.9. The zero-order chi connectivity index (χ0) is 10.0. The van der Waals surface area contributed by atoms with E-state index in [1.165, 1.54) is 0 Å². The Morgan fingerprint density at radius 2 is 2.08 bits per heavy atom. The van der Waals surface area contributed by atoms with Crippen LogP contribution in [0.15, 0.2) is 27.1 Å². The summed E-state index contributed by atoms with van der Waals surface area (Å²) < 4.78 is 1.59. The van der Waals surface area contributed by atoms with Crippen molar-refractivity contribution in [1.82, 2.24) is 0 Å². The van der Waals surface area contributed by atoms with Gasteiger partial charge in [-0.2, -0.15) is 12.6 Å². The van der Waals surface area contributed by atoms with Crippen molar-refractivity contribution in [2.45, 2.75) is 5.25 Å². The van der Waals surface area contributed by atoms with E-state index in [2.05, 4.69) is 44.5 Å². The average molecular weight is 326 g/mol. The first-order chi connectivity index (χ1) is 6.02. The minimum Gasteiger partial charge on any atom is -0.480 e. The van der Waals surface area contributed by atoms with E-state index in [9.17, 15) is 4.79 Å². The summed E-state index contributed by atoms with van der Waals surface area (Å²) in [6.07, 6.45) is 0. The van der Waals surface area contributed by atoms with E-state index < -0.39 is 11.2 Å². The van der Waals surface area contributed by atoms with E-state index in [1.807, 2.05) is 6.07 Å². The third-order valence-electron chi connectivity index (χ3n) is 1.49. The summed E-state index contributed by atoms with van der Waals surface area (Å²) in [5.41, 5.74) is 0.644. The van der Waals surface area contributed by atoms with Crippen molar-refractivity contribution in [3.63, 3.8) is 0 Å². The van der Waals surface area contributed by atoms with E-state index in [-0.39, 0.29) is 0 Å². The molecule has 0 aromatic heterocycles. The molecule has 70 valence electrons. The topological polar surface area (TPSA) is 37.3 Å². The SMILES string of the molecule is O=C(O)C(S)c1cc(Br)ccc1Br. The molecule has 1 N–H and O–H groups in total. The monoisotopic (exact) mass is 324 g/mol. The maximum absolute atomic E-state index is 10.7. The minimum atomic E-state index is -0.956. The van der Waals surface area contributed by atoms with Crippen LogP contribution < -0.4 is 0 Å². The number of aliphatic carboxylic acids is 1. The van der Waals surface area contributed by atoms with Crippen LogP contribution in [0, 0.1) is 0 Å². The lowest BCUT2D eigenvalue weighted by Gasteiger charge is -2.08. The van der Waals surface area contributed by atoms with Gasteiger partial charge in [0.15, 0.2) is 0 Å². The first kappa shape index (κ1) is 11.1. The van der Waals surface area contributed by atoms with Crippen LogP contribution in [-0.2, 0) is 4.79 Å². The van der Waals surface area contributed by atoms with E-state index in [4.69, 9.17) is 5.11 Å². The first-order valence-electron chi connectivity index (χ1n) is 3.38. The van der Waals surface area contributed by atoms with Gasteiger partial charge in [-0.3, -0.25) is 4.79 Å². The zero-order valence-electron chi connectivity index (χ0n) is 6.37. The van der Waals surface area contributed by atoms with Crippen LogP contribution in [0.1, 0.15) is 10.8 Å². The molecule has 2 nitrogen and oxygen atoms in total. The molecule has 0 bridgehead atoms. The minimum absolute atomic E-state index is 0.644. The molecule has 5 heteroatoms. The first-order valence-corrected chi connectivity index (χ1v) is 5.48. The third kappa shape index (κ3) is 2.72. The van der Waals surface area contributed by atoms with Crippen LogP contribution in [0.4, 0.5) is 0 Å². The molecular weight excluding hydrogens is 320 g/mol. The summed E-state index contributed by atoms with van der Waals surface area (Å²) >= 11 is 10.5. The van der Waals surface area contributed by atoms with Gasteiger partial charge >= 0.3 is 5.97 Å². The number of carboxylic acid groups (broad SMARTS) is 1. The normalized spacial score (nSPS) is 12.5. The predicted octanol–water partition coefficient (Wildman–Crippen LogP) is 3.27. The fraction of sp³-hybridized carbons (Fsp3) is 0.125. The Labute approximate surface area is 98.0 Å². The summed E-state index contributed by atoms with van der Waals surface area (Å²) in [7, 11) is 0. The second kappa shape index (κ2) is 4.48. The van der Waals surface area contributed by atoms with Crippen LogP contribution in [-0.4, -0.2) is 11.1 Å². The molecular formula is C8H6Br2O2S. The molecule has 0 fully saturated rings. The van der Waals surface area contributed by atoms with E-state index in [1.54, 1.807) is 12.1 Å². The molecule has 13 heavy (non-hydrogen) atoms. The number of rotatable bonds is 2. The highest BCUT2D eigenvalue weighted by Crippen LogP contribution is 2.30. The van der Waals surface area contributed by atoms with Crippen molar-refractivity contribution in [3.8, 4) is 0 Å². The lowest BCUT2D eigenvalue weighted by atomic mass is 10.1. The Morgan fingerprint density at radius 1 is 1.46 bits per heavy atom. The quantitative estimate of drug-likeness (QED) is 0.819. The molecule has 0 aliphatic rings. The van der Waals surface area contributed by atoms with Gasteiger partial charge < -0.3 is 5.11 Å². The van der Waals surface area contributed by atoms with Crippen molar-refractivity contribution in [3.05, 3.63) is 32.7 Å². The van der Waals surface area contributed by atoms with Crippen molar-refractivity contribution >= 4 is 50.5 Å². The van der Waals surface area contributed by atoms with Gasteiger partial charge in [0.1, 0.15) is 5.25 Å². The van der Waals surface area contributed by atoms with E-state index in [0.717, 1.165) is 8.95 Å². The van der Waals surface area contributed by atoms with Gasteiger partial charge in [-0.1, -0.05) is 31.9 Å². The maximum Gasteiger partial charge on any atom is 0.320 e. The van der Waals surface area contributed by atoms with E-state index >= 15 is 0 Å². The Kier molecular flexibility index (Phi) is 3.82.